The van der Waals surface area contributed by atoms with Gasteiger partial charge in [-0.2, -0.15) is 0 Å². The van der Waals surface area contributed by atoms with E-state index in [1.807, 2.05) is 18.2 Å². The SMILES string of the molecule is O[C@@H]1c2cc3c(cc2CC[C@H]1NCc1ccccc1)CCO3. The summed E-state index contributed by atoms with van der Waals surface area (Å²) < 4.78 is 5.65. The van der Waals surface area contributed by atoms with Crippen LogP contribution in [0.4, 0.5) is 0 Å². The first-order valence-electron chi connectivity index (χ1n) is 8.05. The number of hydrogen-bond acceptors (Lipinski definition) is 3. The second kappa shape index (κ2) is 5.75. The largest absolute Gasteiger partial charge is 0.493 e. The highest BCUT2D eigenvalue weighted by Crippen LogP contribution is 2.37. The van der Waals surface area contributed by atoms with Gasteiger partial charge in [-0.1, -0.05) is 36.4 Å². The fourth-order valence-corrected chi connectivity index (χ4v) is 3.53. The van der Waals surface area contributed by atoms with Gasteiger partial charge in [0.25, 0.3) is 0 Å². The van der Waals surface area contributed by atoms with E-state index in [0.29, 0.717) is 0 Å². The summed E-state index contributed by atoms with van der Waals surface area (Å²) in [7, 11) is 0. The van der Waals surface area contributed by atoms with Gasteiger partial charge in [-0.15, -0.1) is 0 Å². The third-order valence-corrected chi connectivity index (χ3v) is 4.79. The summed E-state index contributed by atoms with van der Waals surface area (Å²) in [5.74, 6) is 0.960. The molecule has 3 heteroatoms. The third-order valence-electron chi connectivity index (χ3n) is 4.79. The molecule has 0 saturated carbocycles. The number of aliphatic hydroxyl groups is 1. The molecular formula is C19H21NO2. The van der Waals surface area contributed by atoms with Crippen LogP contribution >= 0.6 is 0 Å². The molecular weight excluding hydrogens is 274 g/mol. The van der Waals surface area contributed by atoms with Gasteiger partial charge in [0.1, 0.15) is 5.75 Å². The molecule has 0 unspecified atom stereocenters. The predicted molar refractivity (Wildman–Crippen MR) is 86.0 cm³/mol. The molecule has 22 heavy (non-hydrogen) atoms. The van der Waals surface area contributed by atoms with E-state index in [0.717, 1.165) is 43.7 Å². The maximum Gasteiger partial charge on any atom is 0.123 e. The molecule has 1 aliphatic heterocycles. The molecule has 0 bridgehead atoms. The van der Waals surface area contributed by atoms with E-state index in [4.69, 9.17) is 4.74 Å². The van der Waals surface area contributed by atoms with Crippen molar-refractivity contribution < 1.29 is 9.84 Å². The normalized spacial score (nSPS) is 22.8. The first-order valence-corrected chi connectivity index (χ1v) is 8.05. The van der Waals surface area contributed by atoms with E-state index >= 15 is 0 Å². The lowest BCUT2D eigenvalue weighted by Crippen LogP contribution is -2.38. The van der Waals surface area contributed by atoms with Gasteiger partial charge in [0.2, 0.25) is 0 Å². The summed E-state index contributed by atoms with van der Waals surface area (Å²) in [6, 6.07) is 14.7. The van der Waals surface area contributed by atoms with Gasteiger partial charge in [0, 0.05) is 19.0 Å². The Morgan fingerprint density at radius 1 is 1.09 bits per heavy atom. The zero-order chi connectivity index (χ0) is 14.9. The number of rotatable bonds is 3. The van der Waals surface area contributed by atoms with Crippen LogP contribution in [-0.2, 0) is 19.4 Å². The van der Waals surface area contributed by atoms with Gasteiger partial charge in [0.05, 0.1) is 12.7 Å². The van der Waals surface area contributed by atoms with Crippen molar-refractivity contribution in [2.24, 2.45) is 0 Å². The van der Waals surface area contributed by atoms with Gasteiger partial charge in [-0.05, 0) is 41.2 Å². The molecule has 114 valence electrons. The molecule has 0 fully saturated rings. The lowest BCUT2D eigenvalue weighted by Gasteiger charge is -2.31. The molecule has 0 amide bonds. The number of aryl methyl sites for hydroxylation is 1. The second-order valence-electron chi connectivity index (χ2n) is 6.21. The van der Waals surface area contributed by atoms with Gasteiger partial charge >= 0.3 is 0 Å². The van der Waals surface area contributed by atoms with Crippen molar-refractivity contribution in [1.29, 1.82) is 0 Å². The van der Waals surface area contributed by atoms with Crippen molar-refractivity contribution in [3.8, 4) is 5.75 Å². The smallest absolute Gasteiger partial charge is 0.123 e. The summed E-state index contributed by atoms with van der Waals surface area (Å²) in [5.41, 5.74) is 4.87. The zero-order valence-corrected chi connectivity index (χ0v) is 12.6. The number of nitrogens with one attached hydrogen (secondary N) is 1. The summed E-state index contributed by atoms with van der Waals surface area (Å²) in [6.07, 6.45) is 2.53. The molecule has 3 nitrogen and oxygen atoms in total. The molecule has 2 N–H and O–H groups in total. The maximum atomic E-state index is 10.7. The van der Waals surface area contributed by atoms with Gasteiger partial charge in [0.15, 0.2) is 0 Å². The molecule has 2 atom stereocenters. The third kappa shape index (κ3) is 2.51. The molecule has 1 heterocycles. The Morgan fingerprint density at radius 3 is 2.82 bits per heavy atom. The fraction of sp³-hybridized carbons (Fsp3) is 0.368. The standard InChI is InChI=1S/C19H21NO2/c21-19-16-11-18-15(8-9-22-18)10-14(16)6-7-17(19)20-12-13-4-2-1-3-5-13/h1-5,10-11,17,19-21H,6-9,12H2/t17-,19-/m1/s1. The average Bonchev–Trinajstić information content (AvgIpc) is 3.01. The Bertz CT molecular complexity index is 669. The summed E-state index contributed by atoms with van der Waals surface area (Å²) in [6.45, 7) is 1.56. The van der Waals surface area contributed by atoms with Crippen LogP contribution in [-0.4, -0.2) is 17.8 Å². The van der Waals surface area contributed by atoms with Crippen molar-refractivity contribution in [3.63, 3.8) is 0 Å². The Morgan fingerprint density at radius 2 is 1.95 bits per heavy atom. The highest BCUT2D eigenvalue weighted by atomic mass is 16.5. The van der Waals surface area contributed by atoms with Crippen LogP contribution < -0.4 is 10.1 Å². The minimum Gasteiger partial charge on any atom is -0.493 e. The van der Waals surface area contributed by atoms with Crippen molar-refractivity contribution in [2.75, 3.05) is 6.61 Å². The van der Waals surface area contributed by atoms with Crippen LogP contribution in [0.3, 0.4) is 0 Å². The number of fused-ring (bicyclic) bond motifs is 2. The predicted octanol–water partition coefficient (Wildman–Crippen LogP) is 2.76. The molecule has 1 aliphatic carbocycles. The number of ether oxygens (including phenoxy) is 1. The highest BCUT2D eigenvalue weighted by Gasteiger charge is 2.29. The van der Waals surface area contributed by atoms with Gasteiger partial charge in [-0.3, -0.25) is 0 Å². The molecule has 0 spiro atoms. The van der Waals surface area contributed by atoms with Crippen LogP contribution in [0, 0.1) is 0 Å². The van der Waals surface area contributed by atoms with Crippen molar-refractivity contribution in [3.05, 3.63) is 64.7 Å². The van der Waals surface area contributed by atoms with Crippen molar-refractivity contribution >= 4 is 0 Å². The Hall–Kier alpha value is -1.84. The summed E-state index contributed by atoms with van der Waals surface area (Å²) in [5, 5.41) is 14.2. The number of hydrogen-bond donors (Lipinski definition) is 2. The van der Waals surface area contributed by atoms with E-state index in [2.05, 4.69) is 29.6 Å². The Kier molecular flexibility index (Phi) is 3.60. The molecule has 0 radical (unpaired) electrons. The quantitative estimate of drug-likeness (QED) is 0.915. The number of benzene rings is 2. The van der Waals surface area contributed by atoms with Crippen LogP contribution in [0.2, 0.25) is 0 Å². The first kappa shape index (κ1) is 13.8. The fourth-order valence-electron chi connectivity index (χ4n) is 3.53. The molecule has 2 aromatic carbocycles. The minimum absolute atomic E-state index is 0.104. The lowest BCUT2D eigenvalue weighted by atomic mass is 9.84. The zero-order valence-electron chi connectivity index (χ0n) is 12.6. The van der Waals surface area contributed by atoms with E-state index in [9.17, 15) is 5.11 Å². The van der Waals surface area contributed by atoms with E-state index < -0.39 is 6.10 Å². The highest BCUT2D eigenvalue weighted by molar-refractivity contribution is 5.47. The summed E-state index contributed by atoms with van der Waals surface area (Å²) >= 11 is 0. The van der Waals surface area contributed by atoms with E-state index in [1.165, 1.54) is 16.7 Å². The monoisotopic (exact) mass is 295 g/mol. The topological polar surface area (TPSA) is 41.5 Å². The van der Waals surface area contributed by atoms with Crippen molar-refractivity contribution in [2.45, 2.75) is 38.0 Å². The molecule has 0 saturated heterocycles. The average molecular weight is 295 g/mol. The van der Waals surface area contributed by atoms with Crippen LogP contribution in [0.1, 0.15) is 34.8 Å². The van der Waals surface area contributed by atoms with Crippen molar-refractivity contribution in [1.82, 2.24) is 5.32 Å². The maximum absolute atomic E-state index is 10.7. The van der Waals surface area contributed by atoms with Gasteiger partial charge in [-0.25, -0.2) is 0 Å². The van der Waals surface area contributed by atoms with E-state index in [-0.39, 0.29) is 6.04 Å². The van der Waals surface area contributed by atoms with E-state index in [1.54, 1.807) is 0 Å². The first-order chi connectivity index (χ1) is 10.8. The van der Waals surface area contributed by atoms with Gasteiger partial charge < -0.3 is 15.2 Å². The molecule has 4 rings (SSSR count). The molecule has 2 aliphatic rings. The van der Waals surface area contributed by atoms with Crippen LogP contribution in [0.15, 0.2) is 42.5 Å². The minimum atomic E-state index is -0.457. The molecule has 2 aromatic rings. The molecule has 0 aromatic heterocycles. The second-order valence-corrected chi connectivity index (χ2v) is 6.21. The number of aliphatic hydroxyl groups excluding tert-OH is 1. The summed E-state index contributed by atoms with van der Waals surface area (Å²) in [4.78, 5) is 0. The van der Waals surface area contributed by atoms with Crippen LogP contribution in [0.25, 0.3) is 0 Å². The Labute approximate surface area is 130 Å². The van der Waals surface area contributed by atoms with Crippen LogP contribution in [0.5, 0.6) is 5.75 Å². The lowest BCUT2D eigenvalue weighted by molar-refractivity contribution is 0.114. The Balaban J connectivity index is 1.51.